The van der Waals surface area contributed by atoms with Crippen LogP contribution in [0.1, 0.15) is 16.8 Å². The Labute approximate surface area is 170 Å². The molecule has 4 rings (SSSR count). The highest BCUT2D eigenvalue weighted by molar-refractivity contribution is 9.10. The van der Waals surface area contributed by atoms with Crippen molar-refractivity contribution >= 4 is 43.8 Å². The smallest absolute Gasteiger partial charge is 0.230 e. The highest BCUT2D eigenvalue weighted by Gasteiger charge is 2.13. The largest absolute Gasteiger partial charge is 0.326 e. The first kappa shape index (κ1) is 17.9. The normalized spacial score (nSPS) is 11.1. The van der Waals surface area contributed by atoms with Crippen LogP contribution in [-0.4, -0.2) is 15.3 Å². The first-order valence-corrected chi connectivity index (χ1v) is 10.3. The third kappa shape index (κ3) is 3.68. The van der Waals surface area contributed by atoms with Crippen molar-refractivity contribution in [2.45, 2.75) is 20.3 Å². The molecule has 27 heavy (non-hydrogen) atoms. The lowest BCUT2D eigenvalue weighted by molar-refractivity contribution is -0.115. The van der Waals surface area contributed by atoms with E-state index in [0.29, 0.717) is 6.42 Å². The average molecular weight is 440 g/mol. The predicted molar refractivity (Wildman–Crippen MR) is 114 cm³/mol. The highest BCUT2D eigenvalue weighted by Crippen LogP contribution is 2.26. The van der Waals surface area contributed by atoms with Gasteiger partial charge in [0, 0.05) is 33.0 Å². The fourth-order valence-corrected chi connectivity index (χ4v) is 4.26. The number of hydrogen-bond acceptors (Lipinski definition) is 3. The van der Waals surface area contributed by atoms with Gasteiger partial charge in [0.15, 0.2) is 4.96 Å². The van der Waals surface area contributed by atoms with Gasteiger partial charge >= 0.3 is 0 Å². The van der Waals surface area contributed by atoms with Gasteiger partial charge in [-0.05, 0) is 43.2 Å². The molecule has 1 amide bonds. The molecule has 0 atom stereocenters. The number of thiazole rings is 1. The number of imidazole rings is 1. The summed E-state index contributed by atoms with van der Waals surface area (Å²) in [4.78, 5) is 18.1. The zero-order valence-corrected chi connectivity index (χ0v) is 17.4. The fourth-order valence-electron chi connectivity index (χ4n) is 2.99. The van der Waals surface area contributed by atoms with E-state index in [0.717, 1.165) is 37.6 Å². The van der Waals surface area contributed by atoms with Crippen LogP contribution in [0.25, 0.3) is 16.2 Å². The standard InChI is InChI=1S/C21H18BrN3OS/c1-13-5-3-8-18(14(13)2)23-20(26)10-17-12-27-21-24-19(11-25(17)21)15-6-4-7-16(22)9-15/h3-9,11-12H,10H2,1-2H3,(H,23,26). The Kier molecular flexibility index (Phi) is 4.85. The average Bonchev–Trinajstić information content (AvgIpc) is 3.21. The third-order valence-corrected chi connectivity index (χ3v) is 6.01. The summed E-state index contributed by atoms with van der Waals surface area (Å²) in [5.41, 5.74) is 6.02. The Balaban J connectivity index is 1.57. The van der Waals surface area contributed by atoms with E-state index < -0.39 is 0 Å². The van der Waals surface area contributed by atoms with Gasteiger partial charge in [-0.2, -0.15) is 0 Å². The molecule has 0 bridgehead atoms. The number of fused-ring (bicyclic) bond motifs is 1. The van der Waals surface area contributed by atoms with E-state index >= 15 is 0 Å². The summed E-state index contributed by atoms with van der Waals surface area (Å²) in [6.07, 6.45) is 2.30. The molecule has 1 N–H and O–H groups in total. The minimum Gasteiger partial charge on any atom is -0.326 e. The fraction of sp³-hybridized carbons (Fsp3) is 0.143. The second kappa shape index (κ2) is 7.29. The Morgan fingerprint density at radius 3 is 2.85 bits per heavy atom. The van der Waals surface area contributed by atoms with E-state index in [2.05, 4.69) is 21.2 Å². The van der Waals surface area contributed by atoms with Gasteiger partial charge < -0.3 is 5.32 Å². The van der Waals surface area contributed by atoms with Crippen LogP contribution < -0.4 is 5.32 Å². The van der Waals surface area contributed by atoms with Crippen LogP contribution >= 0.6 is 27.3 Å². The molecule has 0 saturated carbocycles. The van der Waals surface area contributed by atoms with E-state index in [1.54, 1.807) is 11.3 Å². The van der Waals surface area contributed by atoms with Gasteiger partial charge in [-0.25, -0.2) is 4.98 Å². The summed E-state index contributed by atoms with van der Waals surface area (Å²) < 4.78 is 3.02. The van der Waals surface area contributed by atoms with E-state index in [1.165, 1.54) is 5.56 Å². The predicted octanol–water partition coefficient (Wildman–Crippen LogP) is 5.62. The zero-order valence-electron chi connectivity index (χ0n) is 15.0. The molecule has 0 aliphatic heterocycles. The molecule has 0 radical (unpaired) electrons. The second-order valence-electron chi connectivity index (χ2n) is 6.49. The number of aryl methyl sites for hydroxylation is 1. The maximum Gasteiger partial charge on any atom is 0.230 e. The monoisotopic (exact) mass is 439 g/mol. The van der Waals surface area contributed by atoms with Gasteiger partial charge in [0.2, 0.25) is 5.91 Å². The van der Waals surface area contributed by atoms with Crippen molar-refractivity contribution in [1.82, 2.24) is 9.38 Å². The molecule has 0 spiro atoms. The molecule has 136 valence electrons. The van der Waals surface area contributed by atoms with Crippen LogP contribution in [0.5, 0.6) is 0 Å². The van der Waals surface area contributed by atoms with Crippen LogP contribution in [0, 0.1) is 13.8 Å². The van der Waals surface area contributed by atoms with Crippen LogP contribution in [0.4, 0.5) is 5.69 Å². The van der Waals surface area contributed by atoms with Crippen LogP contribution in [0.3, 0.4) is 0 Å². The van der Waals surface area contributed by atoms with Crippen LogP contribution in [0.15, 0.2) is 58.5 Å². The van der Waals surface area contributed by atoms with Crippen molar-refractivity contribution in [3.63, 3.8) is 0 Å². The quantitative estimate of drug-likeness (QED) is 0.448. The van der Waals surface area contributed by atoms with Crippen molar-refractivity contribution in [1.29, 1.82) is 0 Å². The number of hydrogen-bond donors (Lipinski definition) is 1. The number of carbonyl (C=O) groups is 1. The van der Waals surface area contributed by atoms with Gasteiger partial charge in [-0.15, -0.1) is 11.3 Å². The number of amides is 1. The molecule has 6 heteroatoms. The SMILES string of the molecule is Cc1cccc(NC(=O)Cc2csc3nc(-c4cccc(Br)c4)cn23)c1C. The number of anilines is 1. The molecule has 4 nitrogen and oxygen atoms in total. The maximum atomic E-state index is 12.6. The zero-order chi connectivity index (χ0) is 19.0. The molecule has 4 aromatic rings. The number of halogens is 1. The van der Waals surface area contributed by atoms with Gasteiger partial charge in [0.05, 0.1) is 12.1 Å². The first-order valence-electron chi connectivity index (χ1n) is 8.59. The molecule has 0 saturated heterocycles. The molecular weight excluding hydrogens is 422 g/mol. The number of nitrogens with one attached hydrogen (secondary N) is 1. The Morgan fingerprint density at radius 2 is 2.04 bits per heavy atom. The van der Waals surface area contributed by atoms with Crippen molar-refractivity contribution in [3.05, 3.63) is 75.3 Å². The lowest BCUT2D eigenvalue weighted by Crippen LogP contribution is -2.16. The van der Waals surface area contributed by atoms with Crippen LogP contribution in [0.2, 0.25) is 0 Å². The van der Waals surface area contributed by atoms with Gasteiger partial charge in [0.25, 0.3) is 0 Å². The Hall–Kier alpha value is -2.44. The summed E-state index contributed by atoms with van der Waals surface area (Å²) in [5, 5.41) is 5.02. The van der Waals surface area contributed by atoms with Crippen molar-refractivity contribution in [2.75, 3.05) is 5.32 Å². The number of aromatic nitrogens is 2. The minimum absolute atomic E-state index is 0.0268. The Morgan fingerprint density at radius 1 is 1.22 bits per heavy atom. The van der Waals surface area contributed by atoms with E-state index in [4.69, 9.17) is 4.98 Å². The summed E-state index contributed by atoms with van der Waals surface area (Å²) in [6, 6.07) is 14.0. The second-order valence-corrected chi connectivity index (χ2v) is 8.24. The van der Waals surface area contributed by atoms with Crippen LogP contribution in [-0.2, 0) is 11.2 Å². The topological polar surface area (TPSA) is 46.4 Å². The van der Waals surface area contributed by atoms with Gasteiger partial charge in [0.1, 0.15) is 0 Å². The molecule has 2 aromatic heterocycles. The van der Waals surface area contributed by atoms with Crippen molar-refractivity contribution in [2.24, 2.45) is 0 Å². The number of nitrogens with zero attached hydrogens (tertiary/aromatic N) is 2. The van der Waals surface area contributed by atoms with E-state index in [9.17, 15) is 4.79 Å². The van der Waals surface area contributed by atoms with Gasteiger partial charge in [-0.1, -0.05) is 40.2 Å². The number of carbonyl (C=O) groups excluding carboxylic acids is 1. The van der Waals surface area contributed by atoms with E-state index in [-0.39, 0.29) is 5.91 Å². The molecular formula is C21H18BrN3OS. The summed E-state index contributed by atoms with van der Waals surface area (Å²) in [5.74, 6) is -0.0268. The van der Waals surface area contributed by atoms with Gasteiger partial charge in [-0.3, -0.25) is 9.20 Å². The number of benzene rings is 2. The molecule has 0 aliphatic rings. The lowest BCUT2D eigenvalue weighted by Gasteiger charge is -2.10. The Bertz CT molecular complexity index is 1150. The summed E-state index contributed by atoms with van der Waals surface area (Å²) in [7, 11) is 0. The minimum atomic E-state index is -0.0268. The molecule has 0 fully saturated rings. The number of rotatable bonds is 4. The maximum absolute atomic E-state index is 12.6. The van der Waals surface area contributed by atoms with Crippen molar-refractivity contribution in [3.8, 4) is 11.3 Å². The van der Waals surface area contributed by atoms with E-state index in [1.807, 2.05) is 72.3 Å². The molecule has 2 heterocycles. The lowest BCUT2D eigenvalue weighted by atomic mass is 10.1. The highest BCUT2D eigenvalue weighted by atomic mass is 79.9. The molecule has 0 unspecified atom stereocenters. The summed E-state index contributed by atoms with van der Waals surface area (Å²) in [6.45, 7) is 4.07. The summed E-state index contributed by atoms with van der Waals surface area (Å²) >= 11 is 5.05. The first-order chi connectivity index (χ1) is 13.0. The van der Waals surface area contributed by atoms with Crippen molar-refractivity contribution < 1.29 is 4.79 Å². The molecule has 2 aromatic carbocycles. The third-order valence-electron chi connectivity index (χ3n) is 4.62. The molecule has 0 aliphatic carbocycles.